The van der Waals surface area contributed by atoms with Crippen LogP contribution in [0.15, 0.2) is 65.6 Å². The molecule has 0 aliphatic heterocycles. The van der Waals surface area contributed by atoms with E-state index in [0.717, 1.165) is 10.8 Å². The molecule has 0 fully saturated rings. The molecule has 0 radical (unpaired) electrons. The third kappa shape index (κ3) is 4.75. The Morgan fingerprint density at radius 1 is 1.03 bits per heavy atom. The largest absolute Gasteiger partial charge is 0.492 e. The van der Waals surface area contributed by atoms with E-state index >= 15 is 0 Å². The fourth-order valence-corrected chi connectivity index (χ4v) is 4.46. The zero-order valence-corrected chi connectivity index (χ0v) is 17.4. The Bertz CT molecular complexity index is 1140. The van der Waals surface area contributed by atoms with Crippen LogP contribution in [0.2, 0.25) is 0 Å². The highest BCUT2D eigenvalue weighted by Crippen LogP contribution is 2.27. The van der Waals surface area contributed by atoms with E-state index in [1.807, 2.05) is 42.5 Å². The molecular formula is C22H24N2O4S. The van der Waals surface area contributed by atoms with E-state index in [2.05, 4.69) is 10.0 Å². The summed E-state index contributed by atoms with van der Waals surface area (Å²) in [5, 5.41) is 4.78. The maximum Gasteiger partial charge on any atom is 0.255 e. The van der Waals surface area contributed by atoms with Gasteiger partial charge in [-0.15, -0.1) is 0 Å². The molecule has 6 nitrogen and oxygen atoms in total. The van der Waals surface area contributed by atoms with E-state index < -0.39 is 15.9 Å². The molecule has 0 saturated heterocycles. The first kappa shape index (κ1) is 20.8. The van der Waals surface area contributed by atoms with Crippen molar-refractivity contribution >= 4 is 32.4 Å². The zero-order valence-electron chi connectivity index (χ0n) is 16.6. The van der Waals surface area contributed by atoms with Crippen LogP contribution in [-0.2, 0) is 10.0 Å². The van der Waals surface area contributed by atoms with Gasteiger partial charge in [0.2, 0.25) is 10.0 Å². The number of carbonyl (C=O) groups is 1. The fraction of sp³-hybridized carbons (Fsp3) is 0.227. The molecular weight excluding hydrogens is 388 g/mol. The third-order valence-electron chi connectivity index (χ3n) is 4.22. The number of carbonyl (C=O) groups excluding carboxylic acids is 1. The summed E-state index contributed by atoms with van der Waals surface area (Å²) in [6.45, 7) is 5.54. The topological polar surface area (TPSA) is 84.5 Å². The van der Waals surface area contributed by atoms with Gasteiger partial charge in [0.1, 0.15) is 10.6 Å². The summed E-state index contributed by atoms with van der Waals surface area (Å²) in [5.41, 5.74) is 0.886. The van der Waals surface area contributed by atoms with E-state index in [-0.39, 0.29) is 22.3 Å². The van der Waals surface area contributed by atoms with Crippen molar-refractivity contribution in [3.63, 3.8) is 0 Å². The van der Waals surface area contributed by atoms with Gasteiger partial charge >= 0.3 is 0 Å². The van der Waals surface area contributed by atoms with Crippen LogP contribution in [-0.4, -0.2) is 27.0 Å². The molecule has 3 rings (SSSR count). The summed E-state index contributed by atoms with van der Waals surface area (Å²) in [7, 11) is -3.83. The number of hydrogen-bond acceptors (Lipinski definition) is 4. The van der Waals surface area contributed by atoms with Crippen molar-refractivity contribution in [2.24, 2.45) is 0 Å². The highest BCUT2D eigenvalue weighted by molar-refractivity contribution is 7.89. The lowest BCUT2D eigenvalue weighted by atomic mass is 10.1. The van der Waals surface area contributed by atoms with Crippen LogP contribution in [0.3, 0.4) is 0 Å². The van der Waals surface area contributed by atoms with Crippen molar-refractivity contribution in [2.75, 3.05) is 11.9 Å². The molecule has 0 unspecified atom stereocenters. The van der Waals surface area contributed by atoms with Gasteiger partial charge in [-0.05, 0) is 50.4 Å². The maximum absolute atomic E-state index is 12.9. The van der Waals surface area contributed by atoms with Crippen molar-refractivity contribution in [1.82, 2.24) is 4.72 Å². The van der Waals surface area contributed by atoms with Crippen LogP contribution in [0, 0.1) is 0 Å². The van der Waals surface area contributed by atoms with Gasteiger partial charge in [-0.3, -0.25) is 4.79 Å². The Kier molecular flexibility index (Phi) is 6.20. The van der Waals surface area contributed by atoms with Gasteiger partial charge in [-0.25, -0.2) is 13.1 Å². The van der Waals surface area contributed by atoms with Crippen molar-refractivity contribution in [1.29, 1.82) is 0 Å². The summed E-state index contributed by atoms with van der Waals surface area (Å²) in [6, 6.07) is 17.5. The number of benzene rings is 3. The molecule has 29 heavy (non-hydrogen) atoms. The van der Waals surface area contributed by atoms with Gasteiger partial charge in [0.05, 0.1) is 6.61 Å². The number of anilines is 1. The second kappa shape index (κ2) is 8.63. The number of hydrogen-bond donors (Lipinski definition) is 2. The molecule has 0 aliphatic carbocycles. The van der Waals surface area contributed by atoms with E-state index in [1.54, 1.807) is 26.8 Å². The average molecular weight is 413 g/mol. The minimum absolute atomic E-state index is 0.0568. The Morgan fingerprint density at radius 2 is 1.76 bits per heavy atom. The number of fused-ring (bicyclic) bond motifs is 1. The number of ether oxygens (including phenoxy) is 1. The van der Waals surface area contributed by atoms with Crippen molar-refractivity contribution < 1.29 is 17.9 Å². The van der Waals surface area contributed by atoms with Crippen LogP contribution >= 0.6 is 0 Å². The van der Waals surface area contributed by atoms with Gasteiger partial charge in [0.15, 0.2) is 0 Å². The Labute approximate surface area is 170 Å². The Hall–Kier alpha value is -2.90. The average Bonchev–Trinajstić information content (AvgIpc) is 2.67. The summed E-state index contributed by atoms with van der Waals surface area (Å²) >= 11 is 0. The van der Waals surface area contributed by atoms with Gasteiger partial charge < -0.3 is 10.1 Å². The lowest BCUT2D eigenvalue weighted by Gasteiger charge is -2.15. The molecule has 0 spiro atoms. The molecule has 0 heterocycles. The zero-order chi connectivity index (χ0) is 21.0. The smallest absolute Gasteiger partial charge is 0.255 e. The first-order valence-electron chi connectivity index (χ1n) is 9.40. The summed E-state index contributed by atoms with van der Waals surface area (Å²) in [6.07, 6.45) is 0. The first-order chi connectivity index (χ1) is 13.8. The summed E-state index contributed by atoms with van der Waals surface area (Å²) in [5.74, 6) is -0.187. The molecule has 2 N–H and O–H groups in total. The number of sulfonamides is 1. The standard InChI is InChI=1S/C22H24N2O4S/c1-4-28-20-13-12-17(14-21(20)29(26,27)24-15(2)3)22(25)23-19-11-7-9-16-8-5-6-10-18(16)19/h5-15,24H,4H2,1-3H3,(H,23,25). The van der Waals surface area contributed by atoms with Crippen LogP contribution in [0.1, 0.15) is 31.1 Å². The van der Waals surface area contributed by atoms with E-state index in [9.17, 15) is 13.2 Å². The summed E-state index contributed by atoms with van der Waals surface area (Å²) < 4.78 is 33.4. The van der Waals surface area contributed by atoms with Crippen LogP contribution in [0.4, 0.5) is 5.69 Å². The second-order valence-electron chi connectivity index (χ2n) is 6.85. The SMILES string of the molecule is CCOc1ccc(C(=O)Nc2cccc3ccccc23)cc1S(=O)(=O)NC(C)C. The van der Waals surface area contributed by atoms with Crippen molar-refractivity contribution in [2.45, 2.75) is 31.7 Å². The van der Waals surface area contributed by atoms with Gasteiger partial charge in [-0.2, -0.15) is 0 Å². The number of nitrogens with one attached hydrogen (secondary N) is 2. The Morgan fingerprint density at radius 3 is 2.48 bits per heavy atom. The third-order valence-corrected chi connectivity index (χ3v) is 5.90. The minimum Gasteiger partial charge on any atom is -0.492 e. The monoisotopic (exact) mass is 412 g/mol. The van der Waals surface area contributed by atoms with Crippen LogP contribution in [0.25, 0.3) is 10.8 Å². The molecule has 3 aromatic rings. The predicted molar refractivity (Wildman–Crippen MR) is 115 cm³/mol. The number of rotatable bonds is 7. The minimum atomic E-state index is -3.83. The van der Waals surface area contributed by atoms with Crippen molar-refractivity contribution in [3.8, 4) is 5.75 Å². The molecule has 152 valence electrons. The lowest BCUT2D eigenvalue weighted by Crippen LogP contribution is -2.30. The maximum atomic E-state index is 12.9. The predicted octanol–water partition coefficient (Wildman–Crippen LogP) is 4.18. The van der Waals surface area contributed by atoms with Gasteiger partial charge in [-0.1, -0.05) is 36.4 Å². The fourth-order valence-electron chi connectivity index (χ4n) is 3.04. The van der Waals surface area contributed by atoms with Crippen LogP contribution in [0.5, 0.6) is 5.75 Å². The van der Waals surface area contributed by atoms with Gasteiger partial charge in [0, 0.05) is 22.7 Å². The van der Waals surface area contributed by atoms with E-state index in [0.29, 0.717) is 12.3 Å². The first-order valence-corrected chi connectivity index (χ1v) is 10.9. The molecule has 3 aromatic carbocycles. The second-order valence-corrected chi connectivity index (χ2v) is 8.53. The van der Waals surface area contributed by atoms with Crippen molar-refractivity contribution in [3.05, 3.63) is 66.2 Å². The molecule has 0 aliphatic rings. The lowest BCUT2D eigenvalue weighted by molar-refractivity contribution is 0.102. The van der Waals surface area contributed by atoms with E-state index in [4.69, 9.17) is 4.74 Å². The summed E-state index contributed by atoms with van der Waals surface area (Å²) in [4.78, 5) is 12.8. The Balaban J connectivity index is 1.98. The van der Waals surface area contributed by atoms with Gasteiger partial charge in [0.25, 0.3) is 5.91 Å². The molecule has 1 amide bonds. The van der Waals surface area contributed by atoms with Crippen LogP contribution < -0.4 is 14.8 Å². The highest BCUT2D eigenvalue weighted by Gasteiger charge is 2.23. The molecule has 0 atom stereocenters. The molecule has 0 saturated carbocycles. The number of amides is 1. The molecule has 0 aromatic heterocycles. The molecule has 7 heteroatoms. The normalized spacial score (nSPS) is 11.6. The highest BCUT2D eigenvalue weighted by atomic mass is 32.2. The quantitative estimate of drug-likeness (QED) is 0.610. The molecule has 0 bridgehead atoms. The van der Waals surface area contributed by atoms with E-state index in [1.165, 1.54) is 12.1 Å².